The molecule has 0 radical (unpaired) electrons. The Morgan fingerprint density at radius 1 is 1.14 bits per heavy atom. The maximum Gasteiger partial charge on any atom is 0.322 e. The first-order valence-electron chi connectivity index (χ1n) is 13.8. The van der Waals surface area contributed by atoms with Gasteiger partial charge in [0.2, 0.25) is 11.8 Å². The summed E-state index contributed by atoms with van der Waals surface area (Å²) in [7, 11) is 0. The number of benzene rings is 2. The normalized spacial score (nSPS) is 16.1. The third-order valence-electron chi connectivity index (χ3n) is 7.51. The van der Waals surface area contributed by atoms with Gasteiger partial charge in [0, 0.05) is 53.9 Å². The van der Waals surface area contributed by atoms with Crippen LogP contribution in [0.25, 0.3) is 10.9 Å². The summed E-state index contributed by atoms with van der Waals surface area (Å²) in [5.41, 5.74) is 6.65. The van der Waals surface area contributed by atoms with Gasteiger partial charge in [-0.25, -0.2) is 18.0 Å². The van der Waals surface area contributed by atoms with Crippen molar-refractivity contribution in [3.05, 3.63) is 64.6 Å². The van der Waals surface area contributed by atoms with Crippen LogP contribution in [0.4, 0.5) is 23.7 Å². The van der Waals surface area contributed by atoms with Crippen LogP contribution in [0.2, 0.25) is 5.02 Å². The second kappa shape index (κ2) is 12.2. The standard InChI is InChI=1S/C29H30ClF3N6O4/c30-22-4-1-3-17(26(22)31)12-35-24(40)14-39(19-6-7-19)25(41)15-38-13-21(27(34)42)20-11-18(5-8-23(20)38)36-28(43)37-10-2-9-29(32,33)16-37/h1,3-5,8,11,13,19H,2,6-7,9-10,12,14-16H2,(H2,34,42)(H,35,40)(H,36,43). The summed E-state index contributed by atoms with van der Waals surface area (Å²) >= 11 is 5.80. The topological polar surface area (TPSA) is 130 Å². The lowest BCUT2D eigenvalue weighted by molar-refractivity contribution is -0.137. The van der Waals surface area contributed by atoms with Crippen LogP contribution in [0.5, 0.6) is 0 Å². The fraction of sp³-hybridized carbons (Fsp3) is 0.379. The first kappa shape index (κ1) is 30.2. The Labute approximate surface area is 249 Å². The van der Waals surface area contributed by atoms with Crippen LogP contribution in [0.15, 0.2) is 42.6 Å². The highest BCUT2D eigenvalue weighted by molar-refractivity contribution is 6.30. The number of hydrogen-bond acceptors (Lipinski definition) is 4. The van der Waals surface area contributed by atoms with Gasteiger partial charge in [-0.1, -0.05) is 23.7 Å². The van der Waals surface area contributed by atoms with Crippen molar-refractivity contribution in [2.24, 2.45) is 5.73 Å². The van der Waals surface area contributed by atoms with Gasteiger partial charge in [-0.15, -0.1) is 0 Å². The van der Waals surface area contributed by atoms with Crippen LogP contribution in [0.1, 0.15) is 41.6 Å². The first-order valence-corrected chi connectivity index (χ1v) is 14.1. The molecule has 5 amide bonds. The van der Waals surface area contributed by atoms with E-state index in [2.05, 4.69) is 10.6 Å². The number of amides is 5. The molecule has 3 aromatic rings. The van der Waals surface area contributed by atoms with Crippen molar-refractivity contribution >= 4 is 51.9 Å². The molecule has 228 valence electrons. The van der Waals surface area contributed by atoms with Gasteiger partial charge in [0.05, 0.1) is 23.7 Å². The van der Waals surface area contributed by atoms with Crippen molar-refractivity contribution in [1.29, 1.82) is 0 Å². The van der Waals surface area contributed by atoms with E-state index in [4.69, 9.17) is 17.3 Å². The van der Waals surface area contributed by atoms with Gasteiger partial charge < -0.3 is 30.7 Å². The largest absolute Gasteiger partial charge is 0.366 e. The number of aromatic nitrogens is 1. The summed E-state index contributed by atoms with van der Waals surface area (Å²) in [6.45, 7) is -1.02. The third-order valence-corrected chi connectivity index (χ3v) is 7.80. The van der Waals surface area contributed by atoms with E-state index in [0.29, 0.717) is 10.9 Å². The zero-order chi connectivity index (χ0) is 30.9. The highest BCUT2D eigenvalue weighted by Crippen LogP contribution is 2.30. The number of nitrogens with zero attached hydrogens (tertiary/aromatic N) is 3. The Balaban J connectivity index is 1.28. The smallest absolute Gasteiger partial charge is 0.322 e. The lowest BCUT2D eigenvalue weighted by Crippen LogP contribution is -2.47. The monoisotopic (exact) mass is 618 g/mol. The Morgan fingerprint density at radius 2 is 1.91 bits per heavy atom. The molecule has 1 aromatic heterocycles. The fourth-order valence-corrected chi connectivity index (χ4v) is 5.37. The minimum atomic E-state index is -2.95. The lowest BCUT2D eigenvalue weighted by atomic mass is 10.1. The number of halogens is 4. The second-order valence-corrected chi connectivity index (χ2v) is 11.2. The molecular weight excluding hydrogens is 589 g/mol. The minimum Gasteiger partial charge on any atom is -0.366 e. The maximum atomic E-state index is 14.2. The predicted molar refractivity (Wildman–Crippen MR) is 153 cm³/mol. The molecule has 43 heavy (non-hydrogen) atoms. The predicted octanol–water partition coefficient (Wildman–Crippen LogP) is 4.10. The number of piperidine rings is 1. The van der Waals surface area contributed by atoms with Crippen LogP contribution in [0.3, 0.4) is 0 Å². The van der Waals surface area contributed by atoms with Crippen LogP contribution in [-0.4, -0.2) is 69.7 Å². The molecule has 2 aliphatic rings. The maximum absolute atomic E-state index is 14.2. The molecule has 2 aromatic carbocycles. The molecule has 0 spiro atoms. The molecule has 1 aliphatic carbocycles. The molecule has 1 aliphatic heterocycles. The van der Waals surface area contributed by atoms with Crippen molar-refractivity contribution in [3.8, 4) is 0 Å². The summed E-state index contributed by atoms with van der Waals surface area (Å²) in [5, 5.41) is 5.52. The minimum absolute atomic E-state index is 0.0584. The van der Waals surface area contributed by atoms with Crippen molar-refractivity contribution in [1.82, 2.24) is 19.7 Å². The van der Waals surface area contributed by atoms with E-state index in [-0.39, 0.29) is 72.8 Å². The first-order chi connectivity index (χ1) is 20.4. The Bertz CT molecular complexity index is 1590. The van der Waals surface area contributed by atoms with Gasteiger partial charge in [-0.05, 0) is 43.5 Å². The lowest BCUT2D eigenvalue weighted by Gasteiger charge is -2.32. The third kappa shape index (κ3) is 7.04. The van der Waals surface area contributed by atoms with E-state index >= 15 is 0 Å². The molecule has 0 atom stereocenters. The summed E-state index contributed by atoms with van der Waals surface area (Å²) in [5.74, 6) is -5.18. The summed E-state index contributed by atoms with van der Waals surface area (Å²) < 4.78 is 43.3. The number of carbonyl (C=O) groups excluding carboxylic acids is 4. The van der Waals surface area contributed by atoms with Gasteiger partial charge in [0.1, 0.15) is 12.4 Å². The highest BCUT2D eigenvalue weighted by atomic mass is 35.5. The van der Waals surface area contributed by atoms with E-state index in [0.717, 1.165) is 17.7 Å². The summed E-state index contributed by atoms with van der Waals surface area (Å²) in [6, 6.07) is 8.28. The van der Waals surface area contributed by atoms with Crippen LogP contribution in [0, 0.1) is 5.82 Å². The molecule has 10 nitrogen and oxygen atoms in total. The number of nitrogens with two attached hydrogens (primary N) is 1. The molecular formula is C29H30ClF3N6O4. The van der Waals surface area contributed by atoms with Crippen molar-refractivity contribution < 1.29 is 32.3 Å². The van der Waals surface area contributed by atoms with E-state index < -0.39 is 36.1 Å². The number of carbonyl (C=O) groups is 4. The van der Waals surface area contributed by atoms with Gasteiger partial charge in [0.25, 0.3) is 11.8 Å². The fourth-order valence-electron chi connectivity index (χ4n) is 5.18. The highest BCUT2D eigenvalue weighted by Gasteiger charge is 2.37. The molecule has 5 rings (SSSR count). The Hall–Kier alpha value is -4.26. The number of fused-ring (bicyclic) bond motifs is 1. The molecule has 14 heteroatoms. The molecule has 2 heterocycles. The number of rotatable bonds is 9. The zero-order valence-corrected chi connectivity index (χ0v) is 23.8. The van der Waals surface area contributed by atoms with Crippen molar-refractivity contribution in [2.45, 2.75) is 50.7 Å². The van der Waals surface area contributed by atoms with Crippen molar-refractivity contribution in [2.75, 3.05) is 25.0 Å². The molecule has 1 saturated heterocycles. The van der Waals surface area contributed by atoms with Gasteiger partial charge in [0.15, 0.2) is 0 Å². The Kier molecular flexibility index (Phi) is 8.54. The van der Waals surface area contributed by atoms with Gasteiger partial charge >= 0.3 is 6.03 Å². The summed E-state index contributed by atoms with van der Waals surface area (Å²) in [6.07, 6.45) is 2.79. The van der Waals surface area contributed by atoms with Crippen molar-refractivity contribution in [3.63, 3.8) is 0 Å². The SMILES string of the molecule is NC(=O)c1cn(CC(=O)N(CC(=O)NCc2cccc(Cl)c2F)C2CC2)c2ccc(NC(=O)N3CCCC(F)(F)C3)cc12. The molecule has 0 bridgehead atoms. The number of likely N-dealkylation sites (tertiary alicyclic amines) is 1. The number of urea groups is 1. The molecule has 4 N–H and O–H groups in total. The molecule has 2 fully saturated rings. The van der Waals surface area contributed by atoms with E-state index in [1.807, 2.05) is 0 Å². The quantitative estimate of drug-likeness (QED) is 0.333. The van der Waals surface area contributed by atoms with E-state index in [1.165, 1.54) is 39.9 Å². The van der Waals surface area contributed by atoms with Crippen LogP contribution >= 0.6 is 11.6 Å². The van der Waals surface area contributed by atoms with E-state index in [9.17, 15) is 32.3 Å². The number of anilines is 1. The zero-order valence-electron chi connectivity index (χ0n) is 23.0. The average molecular weight is 619 g/mol. The number of primary amides is 1. The Morgan fingerprint density at radius 3 is 2.60 bits per heavy atom. The molecule has 1 saturated carbocycles. The van der Waals surface area contributed by atoms with Gasteiger partial charge in [-0.2, -0.15) is 0 Å². The number of hydrogen-bond donors (Lipinski definition) is 3. The van der Waals surface area contributed by atoms with E-state index in [1.54, 1.807) is 12.1 Å². The number of alkyl halides is 2. The molecule has 0 unspecified atom stereocenters. The average Bonchev–Trinajstić information content (AvgIpc) is 3.73. The number of nitrogens with one attached hydrogen (secondary N) is 2. The van der Waals surface area contributed by atoms with Gasteiger partial charge in [-0.3, -0.25) is 14.4 Å². The second-order valence-electron chi connectivity index (χ2n) is 10.8. The summed E-state index contributed by atoms with van der Waals surface area (Å²) in [4.78, 5) is 53.4. The van der Waals surface area contributed by atoms with Crippen LogP contribution < -0.4 is 16.4 Å². The van der Waals surface area contributed by atoms with Crippen LogP contribution in [-0.2, 0) is 22.7 Å².